The Labute approximate surface area is 169 Å². The molecule has 0 spiro atoms. The number of alkyl halides is 3. The Kier molecular flexibility index (Phi) is 5.03. The molecule has 3 aromatic rings. The number of hydrogen-bond acceptors (Lipinski definition) is 5. The average molecular weight is 416 g/mol. The molecule has 0 fully saturated rings. The van der Waals surface area contributed by atoms with Crippen molar-refractivity contribution in [1.29, 1.82) is 0 Å². The summed E-state index contributed by atoms with van der Waals surface area (Å²) in [6.45, 7) is 0. The average Bonchev–Trinajstić information content (AvgIpc) is 2.73. The van der Waals surface area contributed by atoms with Crippen LogP contribution in [0.5, 0.6) is 17.4 Å². The van der Waals surface area contributed by atoms with E-state index in [0.29, 0.717) is 24.3 Å². The van der Waals surface area contributed by atoms with Crippen LogP contribution in [0.3, 0.4) is 0 Å². The van der Waals surface area contributed by atoms with Crippen LogP contribution in [0.1, 0.15) is 29.2 Å². The number of ether oxygens (including phenoxy) is 2. The molecule has 6 nitrogen and oxygen atoms in total. The maximum atomic E-state index is 13.3. The zero-order valence-corrected chi connectivity index (χ0v) is 15.4. The van der Waals surface area contributed by atoms with Gasteiger partial charge in [0.05, 0.1) is 10.5 Å². The molecule has 0 bridgehead atoms. The molecule has 0 aliphatic carbocycles. The van der Waals surface area contributed by atoms with Gasteiger partial charge in [0, 0.05) is 17.7 Å². The van der Waals surface area contributed by atoms with Gasteiger partial charge >= 0.3 is 6.18 Å². The Bertz CT molecular complexity index is 1080. The number of nitro groups is 1. The standard InChI is InChI=1S/C21H15F3N2O4/c22-21(23,24)17-4-2-1-3-16(17)19-8-5-13-11-15(7-9-18(13)30-19)29-20-10-6-14(12-25-20)26(27)28/h1-4,6-7,9-12,19H,5,8H2. The van der Waals surface area contributed by atoms with Gasteiger partial charge in [-0.3, -0.25) is 10.1 Å². The fraction of sp³-hybridized carbons (Fsp3) is 0.190. The maximum absolute atomic E-state index is 13.3. The second-order valence-electron chi connectivity index (χ2n) is 6.71. The van der Waals surface area contributed by atoms with Gasteiger partial charge < -0.3 is 9.47 Å². The van der Waals surface area contributed by atoms with Crippen LogP contribution >= 0.6 is 0 Å². The van der Waals surface area contributed by atoms with Gasteiger partial charge in [0.15, 0.2) is 0 Å². The molecule has 154 valence electrons. The molecule has 1 unspecified atom stereocenters. The summed E-state index contributed by atoms with van der Waals surface area (Å²) in [5.41, 5.74) is 0.0789. The molecule has 1 aliphatic rings. The maximum Gasteiger partial charge on any atom is 0.416 e. The van der Waals surface area contributed by atoms with E-state index < -0.39 is 22.8 Å². The number of pyridine rings is 1. The molecule has 0 radical (unpaired) electrons. The Balaban J connectivity index is 1.52. The number of fused-ring (bicyclic) bond motifs is 1. The number of hydrogen-bond donors (Lipinski definition) is 0. The van der Waals surface area contributed by atoms with Gasteiger partial charge in [-0.05, 0) is 42.7 Å². The van der Waals surface area contributed by atoms with E-state index in [1.165, 1.54) is 24.3 Å². The number of aromatic nitrogens is 1. The highest BCUT2D eigenvalue weighted by atomic mass is 19.4. The summed E-state index contributed by atoms with van der Waals surface area (Å²) in [4.78, 5) is 14.0. The van der Waals surface area contributed by atoms with Crippen molar-refractivity contribution in [2.24, 2.45) is 0 Å². The zero-order valence-electron chi connectivity index (χ0n) is 15.4. The van der Waals surface area contributed by atoms with E-state index in [4.69, 9.17) is 9.47 Å². The van der Waals surface area contributed by atoms with Crippen LogP contribution in [-0.2, 0) is 12.6 Å². The van der Waals surface area contributed by atoms with Gasteiger partial charge in [-0.25, -0.2) is 4.98 Å². The number of aryl methyl sites for hydroxylation is 1. The fourth-order valence-corrected chi connectivity index (χ4v) is 3.34. The molecule has 0 saturated heterocycles. The Hall–Kier alpha value is -3.62. The summed E-state index contributed by atoms with van der Waals surface area (Å²) in [6.07, 6.45) is -3.15. The van der Waals surface area contributed by atoms with Gasteiger partial charge in [-0.2, -0.15) is 13.2 Å². The Morgan fingerprint density at radius 3 is 2.63 bits per heavy atom. The van der Waals surface area contributed by atoms with Crippen molar-refractivity contribution in [2.45, 2.75) is 25.1 Å². The Morgan fingerprint density at radius 2 is 1.93 bits per heavy atom. The largest absolute Gasteiger partial charge is 0.485 e. The second kappa shape index (κ2) is 7.66. The van der Waals surface area contributed by atoms with E-state index in [1.807, 2.05) is 0 Å². The highest BCUT2D eigenvalue weighted by molar-refractivity contribution is 5.44. The van der Waals surface area contributed by atoms with E-state index in [1.54, 1.807) is 24.3 Å². The second-order valence-corrected chi connectivity index (χ2v) is 6.71. The van der Waals surface area contributed by atoms with E-state index in [0.717, 1.165) is 17.8 Å². The summed E-state index contributed by atoms with van der Waals surface area (Å²) >= 11 is 0. The topological polar surface area (TPSA) is 74.5 Å². The van der Waals surface area contributed by atoms with Gasteiger partial charge in [-0.15, -0.1) is 0 Å². The molecule has 0 saturated carbocycles. The first kappa shape index (κ1) is 19.7. The fourth-order valence-electron chi connectivity index (χ4n) is 3.34. The van der Waals surface area contributed by atoms with Gasteiger partial charge in [0.25, 0.3) is 5.69 Å². The normalized spacial score (nSPS) is 15.8. The van der Waals surface area contributed by atoms with Crippen LogP contribution in [-0.4, -0.2) is 9.91 Å². The first-order chi connectivity index (χ1) is 14.3. The number of halogens is 3. The van der Waals surface area contributed by atoms with Crippen LogP contribution in [0.4, 0.5) is 18.9 Å². The molecular weight excluding hydrogens is 401 g/mol. The van der Waals surface area contributed by atoms with Crippen molar-refractivity contribution in [1.82, 2.24) is 4.98 Å². The number of benzene rings is 2. The molecule has 1 atom stereocenters. The van der Waals surface area contributed by atoms with E-state index >= 15 is 0 Å². The minimum atomic E-state index is -4.45. The number of nitrogens with zero attached hydrogens (tertiary/aromatic N) is 2. The third-order valence-corrected chi connectivity index (χ3v) is 4.74. The zero-order chi connectivity index (χ0) is 21.3. The molecule has 4 rings (SSSR count). The predicted octanol–water partition coefficient (Wildman–Crippen LogP) is 5.87. The lowest BCUT2D eigenvalue weighted by molar-refractivity contribution is -0.385. The van der Waals surface area contributed by atoms with Crippen molar-refractivity contribution < 1.29 is 27.6 Å². The van der Waals surface area contributed by atoms with Crippen molar-refractivity contribution in [3.8, 4) is 17.4 Å². The quantitative estimate of drug-likeness (QED) is 0.393. The first-order valence-corrected chi connectivity index (χ1v) is 9.05. The monoisotopic (exact) mass is 416 g/mol. The lowest BCUT2D eigenvalue weighted by Crippen LogP contribution is -2.19. The lowest BCUT2D eigenvalue weighted by Gasteiger charge is -2.28. The number of rotatable bonds is 4. The molecule has 1 aromatic heterocycles. The SMILES string of the molecule is O=[N+]([O-])c1ccc(Oc2ccc3c(c2)CCC(c2ccccc2C(F)(F)F)O3)nc1. The minimum absolute atomic E-state index is 0.117. The minimum Gasteiger partial charge on any atom is -0.485 e. The highest BCUT2D eigenvalue weighted by Gasteiger charge is 2.36. The third kappa shape index (κ3) is 4.05. The van der Waals surface area contributed by atoms with E-state index in [2.05, 4.69) is 4.98 Å². The molecule has 30 heavy (non-hydrogen) atoms. The van der Waals surface area contributed by atoms with Crippen molar-refractivity contribution in [3.05, 3.63) is 87.6 Å². The van der Waals surface area contributed by atoms with Crippen LogP contribution < -0.4 is 9.47 Å². The van der Waals surface area contributed by atoms with Crippen LogP contribution in [0.15, 0.2) is 60.8 Å². The van der Waals surface area contributed by atoms with Crippen molar-refractivity contribution >= 4 is 5.69 Å². The Morgan fingerprint density at radius 1 is 1.13 bits per heavy atom. The van der Waals surface area contributed by atoms with Crippen molar-refractivity contribution in [2.75, 3.05) is 0 Å². The van der Waals surface area contributed by atoms with Crippen LogP contribution in [0, 0.1) is 10.1 Å². The molecule has 2 heterocycles. The van der Waals surface area contributed by atoms with Crippen LogP contribution in [0.2, 0.25) is 0 Å². The van der Waals surface area contributed by atoms with Gasteiger partial charge in [0.2, 0.25) is 5.88 Å². The molecule has 1 aliphatic heterocycles. The summed E-state index contributed by atoms with van der Waals surface area (Å²) in [5.74, 6) is 1.13. The smallest absolute Gasteiger partial charge is 0.416 e. The molecule has 0 N–H and O–H groups in total. The summed E-state index contributed by atoms with van der Waals surface area (Å²) in [5, 5.41) is 10.7. The third-order valence-electron chi connectivity index (χ3n) is 4.74. The van der Waals surface area contributed by atoms with Crippen LogP contribution in [0.25, 0.3) is 0 Å². The summed E-state index contributed by atoms with van der Waals surface area (Å²) < 4.78 is 51.4. The predicted molar refractivity (Wildman–Crippen MR) is 101 cm³/mol. The highest BCUT2D eigenvalue weighted by Crippen LogP contribution is 2.41. The van der Waals surface area contributed by atoms with E-state index in [-0.39, 0.29) is 17.1 Å². The molecule has 2 aromatic carbocycles. The lowest BCUT2D eigenvalue weighted by atomic mass is 9.94. The summed E-state index contributed by atoms with van der Waals surface area (Å²) in [6, 6.07) is 13.1. The first-order valence-electron chi connectivity index (χ1n) is 9.05. The van der Waals surface area contributed by atoms with E-state index in [9.17, 15) is 23.3 Å². The molecule has 9 heteroatoms. The molecular formula is C21H15F3N2O4. The van der Waals surface area contributed by atoms with Crippen molar-refractivity contribution in [3.63, 3.8) is 0 Å². The van der Waals surface area contributed by atoms with Gasteiger partial charge in [-0.1, -0.05) is 18.2 Å². The van der Waals surface area contributed by atoms with Gasteiger partial charge in [0.1, 0.15) is 23.8 Å². The molecule has 0 amide bonds. The summed E-state index contributed by atoms with van der Waals surface area (Å²) in [7, 11) is 0.